The summed E-state index contributed by atoms with van der Waals surface area (Å²) >= 11 is 0. The summed E-state index contributed by atoms with van der Waals surface area (Å²) in [5.74, 6) is 0.231. The van der Waals surface area contributed by atoms with Gasteiger partial charge in [-0.05, 0) is 42.5 Å². The highest BCUT2D eigenvalue weighted by Crippen LogP contribution is 2.48. The molecule has 0 bridgehead atoms. The van der Waals surface area contributed by atoms with Crippen molar-refractivity contribution < 1.29 is 4.79 Å². The van der Waals surface area contributed by atoms with Crippen LogP contribution in [0.15, 0.2) is 85.1 Å². The third-order valence-corrected chi connectivity index (χ3v) is 7.03. The van der Waals surface area contributed by atoms with E-state index in [4.69, 9.17) is 0 Å². The van der Waals surface area contributed by atoms with Gasteiger partial charge >= 0.3 is 0 Å². The molecule has 0 saturated carbocycles. The van der Waals surface area contributed by atoms with Crippen LogP contribution in [0.1, 0.15) is 41.9 Å². The molecule has 3 nitrogen and oxygen atoms in total. The van der Waals surface area contributed by atoms with Crippen molar-refractivity contribution in [3.8, 4) is 28.1 Å². The van der Waals surface area contributed by atoms with Crippen LogP contribution in [0.25, 0.3) is 39.0 Å². The van der Waals surface area contributed by atoms with Crippen LogP contribution in [0.3, 0.4) is 0 Å². The smallest absolute Gasteiger partial charge is 0.165 e. The maximum Gasteiger partial charge on any atom is 0.165 e. The molecular formula is C31H28N2O. The van der Waals surface area contributed by atoms with E-state index in [0.717, 1.165) is 56.7 Å². The zero-order valence-corrected chi connectivity index (χ0v) is 19.9. The quantitative estimate of drug-likeness (QED) is 0.303. The second-order valence-electron chi connectivity index (χ2n) is 10.3. The first-order valence-electron chi connectivity index (χ1n) is 11.9. The van der Waals surface area contributed by atoms with E-state index in [1.54, 1.807) is 0 Å². The summed E-state index contributed by atoms with van der Waals surface area (Å²) in [6.45, 7) is 6.51. The number of ketones is 1. The number of rotatable bonds is 3. The summed E-state index contributed by atoms with van der Waals surface area (Å²) in [6.07, 6.45) is 3.48. The molecule has 1 aliphatic rings. The number of aromatic nitrogens is 2. The van der Waals surface area contributed by atoms with Crippen molar-refractivity contribution in [1.82, 2.24) is 9.55 Å². The second-order valence-corrected chi connectivity index (χ2v) is 10.3. The van der Waals surface area contributed by atoms with Crippen LogP contribution in [0.5, 0.6) is 0 Å². The Labute approximate surface area is 200 Å². The first kappa shape index (κ1) is 20.7. The minimum absolute atomic E-state index is 0.0870. The predicted molar refractivity (Wildman–Crippen MR) is 140 cm³/mol. The molecule has 34 heavy (non-hydrogen) atoms. The molecule has 2 aromatic heterocycles. The molecule has 168 valence electrons. The van der Waals surface area contributed by atoms with Gasteiger partial charge < -0.3 is 9.55 Å². The number of nitrogens with zero attached hydrogens (tertiary/aromatic N) is 1. The van der Waals surface area contributed by atoms with Crippen molar-refractivity contribution >= 4 is 16.7 Å². The van der Waals surface area contributed by atoms with Gasteiger partial charge in [0.15, 0.2) is 5.78 Å². The SMILES string of the molecule is Cc1ccc(-n2c3c(c(-c4c[nH]c5ccccc45)c2-c2ccccc2)C(=O)CC(C)(C)C3)cc1. The number of benzene rings is 3. The Morgan fingerprint density at radius 3 is 2.29 bits per heavy atom. The summed E-state index contributed by atoms with van der Waals surface area (Å²) in [6, 6.07) is 27.5. The van der Waals surface area contributed by atoms with Crippen molar-refractivity contribution in [2.24, 2.45) is 5.41 Å². The van der Waals surface area contributed by atoms with Crippen molar-refractivity contribution in [3.05, 3.63) is 102 Å². The highest BCUT2D eigenvalue weighted by atomic mass is 16.1. The number of carbonyl (C=O) groups is 1. The number of carbonyl (C=O) groups excluding carboxylic acids is 1. The van der Waals surface area contributed by atoms with Gasteiger partial charge in [-0.2, -0.15) is 0 Å². The zero-order valence-electron chi connectivity index (χ0n) is 19.9. The lowest BCUT2D eigenvalue weighted by atomic mass is 9.75. The van der Waals surface area contributed by atoms with Gasteiger partial charge in [-0.1, -0.05) is 80.1 Å². The molecule has 0 atom stereocenters. The van der Waals surface area contributed by atoms with Crippen molar-refractivity contribution in [2.45, 2.75) is 33.6 Å². The molecule has 1 aliphatic carbocycles. The van der Waals surface area contributed by atoms with Gasteiger partial charge in [0.05, 0.1) is 5.69 Å². The van der Waals surface area contributed by atoms with E-state index in [1.807, 2.05) is 12.1 Å². The number of aryl methyl sites for hydroxylation is 1. The molecule has 0 unspecified atom stereocenters. The molecule has 0 amide bonds. The van der Waals surface area contributed by atoms with Crippen LogP contribution in [0, 0.1) is 12.3 Å². The highest BCUT2D eigenvalue weighted by molar-refractivity contribution is 6.12. The van der Waals surface area contributed by atoms with Crippen LogP contribution in [0.2, 0.25) is 0 Å². The Morgan fingerprint density at radius 2 is 1.53 bits per heavy atom. The Kier molecular flexibility index (Phi) is 4.63. The van der Waals surface area contributed by atoms with Gasteiger partial charge in [-0.25, -0.2) is 0 Å². The van der Waals surface area contributed by atoms with Crippen molar-refractivity contribution in [2.75, 3.05) is 0 Å². The molecule has 0 spiro atoms. The van der Waals surface area contributed by atoms with Gasteiger partial charge in [0.2, 0.25) is 0 Å². The lowest BCUT2D eigenvalue weighted by Crippen LogP contribution is -2.28. The van der Waals surface area contributed by atoms with E-state index in [2.05, 4.69) is 103 Å². The number of Topliss-reactive ketones (excluding diaryl/α,β-unsaturated/α-hetero) is 1. The molecule has 0 radical (unpaired) electrons. The standard InChI is InChI=1S/C31H28N2O/c1-20-13-15-22(16-14-20)33-26-17-31(2,3)18-27(34)29(26)28(30(33)21-9-5-4-6-10-21)24-19-32-25-12-8-7-11-23(24)25/h4-16,19,32H,17-18H2,1-3H3. The Morgan fingerprint density at radius 1 is 0.824 bits per heavy atom. The lowest BCUT2D eigenvalue weighted by molar-refractivity contribution is 0.0911. The number of nitrogens with one attached hydrogen (secondary N) is 1. The van der Waals surface area contributed by atoms with Crippen LogP contribution >= 0.6 is 0 Å². The van der Waals surface area contributed by atoms with E-state index in [9.17, 15) is 4.79 Å². The Balaban J connectivity index is 1.79. The van der Waals surface area contributed by atoms with Gasteiger partial charge in [0, 0.05) is 51.6 Å². The van der Waals surface area contributed by atoms with Crippen LogP contribution in [0.4, 0.5) is 0 Å². The van der Waals surface area contributed by atoms with Gasteiger partial charge in [0.1, 0.15) is 0 Å². The number of aromatic amines is 1. The highest BCUT2D eigenvalue weighted by Gasteiger charge is 2.39. The van der Waals surface area contributed by atoms with Crippen LogP contribution < -0.4 is 0 Å². The molecule has 2 heterocycles. The molecular weight excluding hydrogens is 416 g/mol. The fraction of sp³-hybridized carbons (Fsp3) is 0.194. The molecule has 1 N–H and O–H groups in total. The largest absolute Gasteiger partial charge is 0.361 e. The number of fused-ring (bicyclic) bond motifs is 2. The molecule has 3 heteroatoms. The van der Waals surface area contributed by atoms with E-state index < -0.39 is 0 Å². The Hall–Kier alpha value is -3.85. The van der Waals surface area contributed by atoms with Gasteiger partial charge in [-0.15, -0.1) is 0 Å². The van der Waals surface area contributed by atoms with E-state index >= 15 is 0 Å². The third-order valence-electron chi connectivity index (χ3n) is 7.03. The average molecular weight is 445 g/mol. The number of para-hydroxylation sites is 1. The Bertz CT molecular complexity index is 1530. The molecule has 0 aliphatic heterocycles. The summed E-state index contributed by atoms with van der Waals surface area (Å²) in [5.41, 5.74) is 9.63. The van der Waals surface area contributed by atoms with Crippen molar-refractivity contribution in [1.29, 1.82) is 0 Å². The molecule has 0 fully saturated rings. The minimum Gasteiger partial charge on any atom is -0.361 e. The first-order valence-corrected chi connectivity index (χ1v) is 11.9. The summed E-state index contributed by atoms with van der Waals surface area (Å²) in [7, 11) is 0. The number of hydrogen-bond acceptors (Lipinski definition) is 1. The summed E-state index contributed by atoms with van der Waals surface area (Å²) in [5, 5.41) is 1.14. The predicted octanol–water partition coefficient (Wildman–Crippen LogP) is 7.76. The lowest BCUT2D eigenvalue weighted by Gasteiger charge is -2.30. The normalized spacial score (nSPS) is 15.0. The summed E-state index contributed by atoms with van der Waals surface area (Å²) in [4.78, 5) is 17.3. The second kappa shape index (κ2) is 7.59. The molecule has 5 aromatic rings. The van der Waals surface area contributed by atoms with E-state index in [0.29, 0.717) is 6.42 Å². The zero-order chi connectivity index (χ0) is 23.4. The van der Waals surface area contributed by atoms with Crippen LogP contribution in [-0.4, -0.2) is 15.3 Å². The number of hydrogen-bond donors (Lipinski definition) is 1. The minimum atomic E-state index is -0.0870. The maximum absolute atomic E-state index is 13.8. The van der Waals surface area contributed by atoms with Crippen LogP contribution in [-0.2, 0) is 6.42 Å². The van der Waals surface area contributed by atoms with E-state index in [-0.39, 0.29) is 11.2 Å². The van der Waals surface area contributed by atoms with E-state index in [1.165, 1.54) is 5.56 Å². The van der Waals surface area contributed by atoms with Crippen molar-refractivity contribution in [3.63, 3.8) is 0 Å². The fourth-order valence-electron chi connectivity index (χ4n) is 5.52. The number of H-pyrrole nitrogens is 1. The van der Waals surface area contributed by atoms with Gasteiger partial charge in [-0.3, -0.25) is 4.79 Å². The first-order chi connectivity index (χ1) is 16.4. The summed E-state index contributed by atoms with van der Waals surface area (Å²) < 4.78 is 2.35. The van der Waals surface area contributed by atoms with Gasteiger partial charge in [0.25, 0.3) is 0 Å². The fourth-order valence-corrected chi connectivity index (χ4v) is 5.52. The third kappa shape index (κ3) is 3.23. The molecule has 3 aromatic carbocycles. The maximum atomic E-state index is 13.8. The monoisotopic (exact) mass is 444 g/mol. The molecule has 0 saturated heterocycles. The average Bonchev–Trinajstić information content (AvgIpc) is 3.38. The topological polar surface area (TPSA) is 37.8 Å². The molecule has 6 rings (SSSR count).